The van der Waals surface area contributed by atoms with Crippen LogP contribution in [0.4, 0.5) is 0 Å². The molecule has 0 aromatic rings. The Balaban J connectivity index is 2.21. The minimum absolute atomic E-state index is 0.0986. The molecule has 0 aromatic heterocycles. The van der Waals surface area contributed by atoms with Crippen LogP contribution in [0.5, 0.6) is 0 Å². The quantitative estimate of drug-likeness (QED) is 0.750. The molecule has 4 nitrogen and oxygen atoms in total. The molecule has 0 spiro atoms. The number of nitrogens with zero attached hydrogens (tertiary/aromatic N) is 3. The van der Waals surface area contributed by atoms with Crippen LogP contribution in [0.3, 0.4) is 0 Å². The van der Waals surface area contributed by atoms with Crippen molar-refractivity contribution in [1.82, 2.24) is 0 Å². The molecule has 23 heavy (non-hydrogen) atoms. The smallest absolute Gasteiger partial charge is 0.187 e. The first-order chi connectivity index (χ1) is 11.2. The topological polar surface area (TPSA) is 97.4 Å². The van der Waals surface area contributed by atoms with Crippen LogP contribution in [0.15, 0.2) is 35.1 Å². The standard InChI is InChI=1S/C19H20N4/c20-10-16-14-8-4-5-9-15(14)17(13-6-2-1-3-7-13)19(11-21,12-22)18(16)23/h1-2,8,13,15,17H,3-7,9,23H2. The van der Waals surface area contributed by atoms with Gasteiger partial charge in [-0.2, -0.15) is 15.8 Å². The summed E-state index contributed by atoms with van der Waals surface area (Å²) in [5, 5.41) is 29.3. The van der Waals surface area contributed by atoms with Gasteiger partial charge in [-0.25, -0.2) is 0 Å². The van der Waals surface area contributed by atoms with E-state index in [9.17, 15) is 15.8 Å². The minimum Gasteiger partial charge on any atom is -0.399 e. The van der Waals surface area contributed by atoms with Crippen molar-refractivity contribution in [3.8, 4) is 18.2 Å². The van der Waals surface area contributed by atoms with Gasteiger partial charge in [-0.1, -0.05) is 18.2 Å². The summed E-state index contributed by atoms with van der Waals surface area (Å²) in [7, 11) is 0. The Morgan fingerprint density at radius 3 is 2.48 bits per heavy atom. The molecule has 0 radical (unpaired) electrons. The monoisotopic (exact) mass is 304 g/mol. The predicted octanol–water partition coefficient (Wildman–Crippen LogP) is 3.47. The van der Waals surface area contributed by atoms with E-state index < -0.39 is 5.41 Å². The van der Waals surface area contributed by atoms with E-state index in [-0.39, 0.29) is 23.5 Å². The van der Waals surface area contributed by atoms with Gasteiger partial charge in [0.15, 0.2) is 5.41 Å². The van der Waals surface area contributed by atoms with Gasteiger partial charge >= 0.3 is 0 Å². The van der Waals surface area contributed by atoms with Gasteiger partial charge in [-0.05, 0) is 55.9 Å². The largest absolute Gasteiger partial charge is 0.399 e. The van der Waals surface area contributed by atoms with E-state index >= 15 is 0 Å². The molecule has 3 aliphatic carbocycles. The Kier molecular flexibility index (Phi) is 3.97. The number of fused-ring (bicyclic) bond motifs is 1. The SMILES string of the molecule is N#CC1=C(N)C(C#N)(C#N)C(C2CC=CCC2)C2CCCC=C12. The van der Waals surface area contributed by atoms with Gasteiger partial charge in [0.25, 0.3) is 0 Å². The molecule has 116 valence electrons. The molecule has 0 amide bonds. The molecule has 3 unspecified atom stereocenters. The van der Waals surface area contributed by atoms with Crippen molar-refractivity contribution in [2.24, 2.45) is 28.9 Å². The first-order valence-electron chi connectivity index (χ1n) is 8.28. The molecular formula is C19H20N4. The molecule has 0 aliphatic heterocycles. The van der Waals surface area contributed by atoms with Crippen molar-refractivity contribution >= 4 is 0 Å². The highest BCUT2D eigenvalue weighted by Crippen LogP contribution is 2.55. The highest BCUT2D eigenvalue weighted by Gasteiger charge is 2.55. The third-order valence-corrected chi connectivity index (χ3v) is 5.68. The molecule has 0 heterocycles. The Hall–Kier alpha value is -2.51. The second-order valence-corrected chi connectivity index (χ2v) is 6.70. The van der Waals surface area contributed by atoms with Gasteiger partial charge in [0.2, 0.25) is 0 Å². The highest BCUT2D eigenvalue weighted by molar-refractivity contribution is 5.56. The summed E-state index contributed by atoms with van der Waals surface area (Å²) in [6.07, 6.45) is 12.2. The maximum Gasteiger partial charge on any atom is 0.187 e. The maximum absolute atomic E-state index is 9.88. The van der Waals surface area contributed by atoms with E-state index in [1.54, 1.807) is 0 Å². The highest BCUT2D eigenvalue weighted by atomic mass is 14.7. The lowest BCUT2D eigenvalue weighted by molar-refractivity contribution is 0.142. The van der Waals surface area contributed by atoms with E-state index in [4.69, 9.17) is 5.73 Å². The van der Waals surface area contributed by atoms with Crippen molar-refractivity contribution in [2.75, 3.05) is 0 Å². The maximum atomic E-state index is 9.88. The van der Waals surface area contributed by atoms with Crippen molar-refractivity contribution in [3.05, 3.63) is 35.1 Å². The van der Waals surface area contributed by atoms with Gasteiger partial charge in [-0.15, -0.1) is 0 Å². The first kappa shape index (κ1) is 15.4. The van der Waals surface area contributed by atoms with Gasteiger partial charge in [0, 0.05) is 5.92 Å². The minimum atomic E-state index is -1.37. The summed E-state index contributed by atoms with van der Waals surface area (Å²) in [5.74, 6) is 0.247. The molecule has 0 bridgehead atoms. The summed E-state index contributed by atoms with van der Waals surface area (Å²) >= 11 is 0. The number of hydrogen-bond acceptors (Lipinski definition) is 4. The first-order valence-corrected chi connectivity index (χ1v) is 8.28. The fraction of sp³-hybridized carbons (Fsp3) is 0.526. The Bertz CT molecular complexity index is 706. The third kappa shape index (κ3) is 2.16. The number of hydrogen-bond donors (Lipinski definition) is 1. The second-order valence-electron chi connectivity index (χ2n) is 6.70. The van der Waals surface area contributed by atoms with Crippen molar-refractivity contribution in [1.29, 1.82) is 15.8 Å². The van der Waals surface area contributed by atoms with Crippen LogP contribution in [0, 0.1) is 57.2 Å². The lowest BCUT2D eigenvalue weighted by Crippen LogP contribution is -2.47. The molecule has 0 saturated heterocycles. The molecule has 4 heteroatoms. The zero-order valence-electron chi connectivity index (χ0n) is 13.1. The zero-order valence-corrected chi connectivity index (χ0v) is 13.1. The average molecular weight is 304 g/mol. The van der Waals surface area contributed by atoms with Crippen LogP contribution in [-0.2, 0) is 0 Å². The molecule has 3 aliphatic rings. The third-order valence-electron chi connectivity index (χ3n) is 5.68. The van der Waals surface area contributed by atoms with Crippen LogP contribution in [0.25, 0.3) is 0 Å². The molecular weight excluding hydrogens is 284 g/mol. The van der Waals surface area contributed by atoms with Gasteiger partial charge in [-0.3, -0.25) is 0 Å². The van der Waals surface area contributed by atoms with E-state index in [0.717, 1.165) is 44.1 Å². The predicted molar refractivity (Wildman–Crippen MR) is 85.9 cm³/mol. The summed E-state index contributed by atoms with van der Waals surface area (Å²) in [6.45, 7) is 0. The second kappa shape index (κ2) is 5.94. The number of nitrogens with two attached hydrogens (primary N) is 1. The summed E-state index contributed by atoms with van der Waals surface area (Å²) in [5.41, 5.74) is 6.41. The molecule has 0 fully saturated rings. The Morgan fingerprint density at radius 2 is 1.87 bits per heavy atom. The lowest BCUT2D eigenvalue weighted by atomic mass is 9.54. The van der Waals surface area contributed by atoms with Crippen LogP contribution in [-0.4, -0.2) is 0 Å². The Labute approximate surface area is 137 Å². The van der Waals surface area contributed by atoms with E-state index in [1.807, 2.05) is 0 Å². The zero-order chi connectivity index (χ0) is 16.4. The summed E-state index contributed by atoms with van der Waals surface area (Å²) in [4.78, 5) is 0. The fourth-order valence-corrected chi connectivity index (χ4v) is 4.64. The van der Waals surface area contributed by atoms with Crippen LogP contribution in [0.2, 0.25) is 0 Å². The van der Waals surface area contributed by atoms with Gasteiger partial charge < -0.3 is 5.73 Å². The summed E-state index contributed by atoms with van der Waals surface area (Å²) < 4.78 is 0. The van der Waals surface area contributed by atoms with Gasteiger partial charge in [0.05, 0.1) is 23.4 Å². The number of allylic oxidation sites excluding steroid dienone is 6. The molecule has 3 atom stereocenters. The lowest BCUT2D eigenvalue weighted by Gasteiger charge is -2.47. The van der Waals surface area contributed by atoms with E-state index in [2.05, 4.69) is 36.4 Å². The van der Waals surface area contributed by atoms with Crippen molar-refractivity contribution in [2.45, 2.75) is 38.5 Å². The fourth-order valence-electron chi connectivity index (χ4n) is 4.64. The average Bonchev–Trinajstić information content (AvgIpc) is 2.61. The van der Waals surface area contributed by atoms with Crippen LogP contribution < -0.4 is 5.73 Å². The summed E-state index contributed by atoms with van der Waals surface area (Å²) in [6, 6.07) is 6.60. The Morgan fingerprint density at radius 1 is 1.09 bits per heavy atom. The van der Waals surface area contributed by atoms with Crippen molar-refractivity contribution < 1.29 is 0 Å². The number of rotatable bonds is 1. The molecule has 0 aromatic carbocycles. The van der Waals surface area contributed by atoms with Crippen LogP contribution >= 0.6 is 0 Å². The molecule has 2 N–H and O–H groups in total. The van der Waals surface area contributed by atoms with Crippen LogP contribution in [0.1, 0.15) is 38.5 Å². The van der Waals surface area contributed by atoms with E-state index in [0.29, 0.717) is 5.57 Å². The number of nitriles is 3. The molecule has 3 rings (SSSR count). The van der Waals surface area contributed by atoms with Crippen molar-refractivity contribution in [3.63, 3.8) is 0 Å². The molecule has 0 saturated carbocycles. The normalized spacial score (nSPS) is 32.0. The van der Waals surface area contributed by atoms with Gasteiger partial charge in [0.1, 0.15) is 6.07 Å². The van der Waals surface area contributed by atoms with E-state index in [1.165, 1.54) is 0 Å².